The first kappa shape index (κ1) is 77.1. The van der Waals surface area contributed by atoms with E-state index in [-0.39, 0.29) is 147 Å². The van der Waals surface area contributed by atoms with Crippen molar-refractivity contribution in [3.63, 3.8) is 0 Å². The van der Waals surface area contributed by atoms with Crippen LogP contribution in [0.5, 0.6) is 0 Å². The van der Waals surface area contributed by atoms with Crippen LogP contribution in [0.25, 0.3) is 22.8 Å². The van der Waals surface area contributed by atoms with E-state index in [9.17, 15) is 19.2 Å². The average Bonchev–Trinajstić information content (AvgIpc) is 1.48. The molecule has 4 aromatic heterocycles. The van der Waals surface area contributed by atoms with E-state index in [2.05, 4.69) is 85.9 Å². The monoisotopic (exact) mass is 1310 g/mol. The summed E-state index contributed by atoms with van der Waals surface area (Å²) >= 11 is 0. The third-order valence-electron chi connectivity index (χ3n) is 11.4. The molecule has 0 saturated carbocycles. The van der Waals surface area contributed by atoms with Gasteiger partial charge in [-0.15, -0.1) is 11.1 Å². The minimum atomic E-state index is -1.96. The van der Waals surface area contributed by atoms with Crippen LogP contribution in [-0.4, -0.2) is 247 Å². The number of esters is 4. The van der Waals surface area contributed by atoms with Gasteiger partial charge < -0.3 is 75.8 Å². The first-order valence-corrected chi connectivity index (χ1v) is 36.9. The van der Waals surface area contributed by atoms with Gasteiger partial charge in [0.1, 0.15) is 65.4 Å². The van der Waals surface area contributed by atoms with Gasteiger partial charge in [0.2, 0.25) is 0 Å². The van der Waals surface area contributed by atoms with Gasteiger partial charge in [-0.1, -0.05) is 51.1 Å². The summed E-state index contributed by atoms with van der Waals surface area (Å²) < 4.78 is 86.5. The molecular formula is C66H86N4O20Si2. The highest BCUT2D eigenvalue weighted by Crippen LogP contribution is 2.23. The number of carbonyl (C=O) groups excluding carboxylic acids is 4. The summed E-state index contributed by atoms with van der Waals surface area (Å²) in [5, 5.41) is 0. The molecular weight excluding hydrogens is 1220 g/mol. The largest absolute Gasteiger partial charge is 0.460 e. The van der Waals surface area contributed by atoms with E-state index in [1.165, 1.54) is 48.5 Å². The van der Waals surface area contributed by atoms with Gasteiger partial charge in [0, 0.05) is 28.4 Å². The molecule has 0 saturated heterocycles. The van der Waals surface area contributed by atoms with E-state index in [0.29, 0.717) is 79.3 Å². The van der Waals surface area contributed by atoms with Gasteiger partial charge in [0.25, 0.3) is 0 Å². The van der Waals surface area contributed by atoms with Gasteiger partial charge in [-0.25, -0.2) is 39.1 Å². The highest BCUT2D eigenvalue weighted by molar-refractivity contribution is 6.84. The zero-order chi connectivity index (χ0) is 66.7. The van der Waals surface area contributed by atoms with Crippen LogP contribution in [0, 0.1) is 46.6 Å². The third kappa shape index (κ3) is 33.8. The van der Waals surface area contributed by atoms with E-state index in [4.69, 9.17) is 95.7 Å². The fourth-order valence-electron chi connectivity index (χ4n) is 7.03. The van der Waals surface area contributed by atoms with Crippen molar-refractivity contribution >= 4 is 40.0 Å². The third-order valence-corrected chi connectivity index (χ3v) is 13.2. The maximum Gasteiger partial charge on any atom is 0.338 e. The Labute approximate surface area is 541 Å². The van der Waals surface area contributed by atoms with Gasteiger partial charge in [-0.05, 0) is 72.2 Å². The number of nitrogens with zero attached hydrogens (tertiary/aromatic N) is 4. The molecule has 4 heterocycles. The van der Waals surface area contributed by atoms with E-state index >= 15 is 0 Å². The Morgan fingerprint density at radius 1 is 0.293 bits per heavy atom. The summed E-state index contributed by atoms with van der Waals surface area (Å²) in [4.78, 5) is 74.0. The molecule has 0 radical (unpaired) electrons. The van der Waals surface area contributed by atoms with Crippen molar-refractivity contribution in [3.8, 4) is 69.4 Å². The quantitative estimate of drug-likeness (QED) is 0.0167. The Morgan fingerprint density at radius 2 is 0.489 bits per heavy atom. The van der Waals surface area contributed by atoms with Crippen LogP contribution in [-0.2, 0) is 75.8 Å². The molecule has 0 aromatic carbocycles. The molecule has 0 aliphatic carbocycles. The molecule has 498 valence electrons. The number of rotatable bonds is 42. The number of methoxy groups -OCH3 is 4. The number of hydrogen-bond donors (Lipinski definition) is 0. The van der Waals surface area contributed by atoms with Crippen molar-refractivity contribution < 1.29 is 95.0 Å². The molecule has 0 atom stereocenters. The van der Waals surface area contributed by atoms with Crippen LogP contribution >= 0.6 is 0 Å². The maximum atomic E-state index is 13.8. The van der Waals surface area contributed by atoms with Gasteiger partial charge in [-0.2, -0.15) is 0 Å². The molecule has 0 bridgehead atoms. The first-order chi connectivity index (χ1) is 44.4. The molecule has 26 heteroatoms. The standard InChI is InChI=1S/C66H86N4O20Si2/c1-75-17-21-79-25-29-83-33-37-87-63(71)51-43-55(67-59(47-51)61-49-53(45-57(69-61)15-41-91(5,6)7)65(73)89-39-35-85-31-27-81-23-19-77-3)13-11-12-14-56-44-52(64(72)88-38-34-84-30-26-80-22-18-76-2)48-60(68-56)62-50-54(46-58(70-62)16-42-92(8,9)10)66(74)90-40-36-86-32-28-82-24-20-78-4/h43-50H,17-40H2,1-10H3. The highest BCUT2D eigenvalue weighted by atomic mass is 28.3. The molecule has 24 nitrogen and oxygen atoms in total. The van der Waals surface area contributed by atoms with Crippen LogP contribution in [0.15, 0.2) is 48.5 Å². The zero-order valence-electron chi connectivity index (χ0n) is 54.5. The lowest BCUT2D eigenvalue weighted by Crippen LogP contribution is -2.16. The van der Waals surface area contributed by atoms with Crippen molar-refractivity contribution in [2.45, 2.75) is 39.3 Å². The Balaban J connectivity index is 1.77. The van der Waals surface area contributed by atoms with Crippen molar-refractivity contribution in [3.05, 3.63) is 93.6 Å². The molecule has 0 amide bonds. The lowest BCUT2D eigenvalue weighted by Gasteiger charge is -2.10. The average molecular weight is 1310 g/mol. The fourth-order valence-corrected chi connectivity index (χ4v) is 8.04. The van der Waals surface area contributed by atoms with Crippen LogP contribution in [0.4, 0.5) is 0 Å². The Morgan fingerprint density at radius 3 is 0.696 bits per heavy atom. The zero-order valence-corrected chi connectivity index (χ0v) is 56.5. The fraction of sp³-hybridized carbons (Fsp3) is 0.515. The minimum absolute atomic E-state index is 0.0433. The number of aromatic nitrogens is 4. The summed E-state index contributed by atoms with van der Waals surface area (Å²) in [6.07, 6.45) is 0. The maximum absolute atomic E-state index is 13.8. The Bertz CT molecular complexity index is 2990. The topological polar surface area (TPSA) is 268 Å². The summed E-state index contributed by atoms with van der Waals surface area (Å²) in [6.45, 7) is 18.4. The molecule has 4 aromatic rings. The SMILES string of the molecule is COCCOCCOCCOC(=O)c1cc(C#CC#Cc2cc(C(=O)OCCOCCOCCOC)cc(-c3cc(C(=O)OCCOCCOCCOC)cc(C#C[Si](C)(C)C)n3)n2)nc(-c2cc(C(=O)OCCOCCOCCOC)cc(C#C[Si](C)(C)C)n2)c1. The second kappa shape index (κ2) is 45.0. The van der Waals surface area contributed by atoms with E-state index < -0.39 is 40.0 Å². The molecule has 0 aliphatic rings. The van der Waals surface area contributed by atoms with Crippen molar-refractivity contribution in [2.24, 2.45) is 0 Å². The highest BCUT2D eigenvalue weighted by Gasteiger charge is 2.20. The summed E-state index contributed by atoms with van der Waals surface area (Å²) in [7, 11) is 2.42. The van der Waals surface area contributed by atoms with E-state index in [1.807, 2.05) is 0 Å². The Hall–Kier alpha value is -7.33. The minimum Gasteiger partial charge on any atom is -0.460 e. The normalized spacial score (nSPS) is 11.0. The van der Waals surface area contributed by atoms with Gasteiger partial charge in [-0.3, -0.25) is 0 Å². The van der Waals surface area contributed by atoms with Crippen molar-refractivity contribution in [2.75, 3.05) is 187 Å². The summed E-state index contributed by atoms with van der Waals surface area (Å²) in [5.41, 5.74) is 8.18. The van der Waals surface area contributed by atoms with Gasteiger partial charge >= 0.3 is 23.9 Å². The summed E-state index contributed by atoms with van der Waals surface area (Å²) in [5.74, 6) is 14.8. The number of carbonyl (C=O) groups is 4. The lowest BCUT2D eigenvalue weighted by molar-refractivity contribution is 0.00551. The first-order valence-electron chi connectivity index (χ1n) is 29.9. The second-order valence-corrected chi connectivity index (χ2v) is 30.9. The molecule has 0 fully saturated rings. The van der Waals surface area contributed by atoms with Crippen LogP contribution in [0.3, 0.4) is 0 Å². The van der Waals surface area contributed by atoms with Crippen molar-refractivity contribution in [1.29, 1.82) is 0 Å². The lowest BCUT2D eigenvalue weighted by atomic mass is 10.1. The second-order valence-electron chi connectivity index (χ2n) is 21.4. The van der Waals surface area contributed by atoms with E-state index in [1.54, 1.807) is 28.4 Å². The molecule has 0 aliphatic heterocycles. The Kier molecular flexibility index (Phi) is 37.8. The molecule has 92 heavy (non-hydrogen) atoms. The molecule has 0 unspecified atom stereocenters. The van der Waals surface area contributed by atoms with Gasteiger partial charge in [0.05, 0.1) is 177 Å². The predicted molar refractivity (Wildman–Crippen MR) is 344 cm³/mol. The van der Waals surface area contributed by atoms with Crippen LogP contribution in [0.2, 0.25) is 39.3 Å². The van der Waals surface area contributed by atoms with Crippen LogP contribution in [0.1, 0.15) is 64.2 Å². The number of ether oxygens (including phenoxy) is 16. The van der Waals surface area contributed by atoms with Crippen molar-refractivity contribution in [1.82, 2.24) is 19.9 Å². The van der Waals surface area contributed by atoms with E-state index in [0.717, 1.165) is 0 Å². The molecule has 0 N–H and O–H groups in total. The van der Waals surface area contributed by atoms with Gasteiger partial charge in [0.15, 0.2) is 0 Å². The predicted octanol–water partition coefficient (Wildman–Crippen LogP) is 5.81. The number of pyridine rings is 4. The summed E-state index contributed by atoms with van der Waals surface area (Å²) in [6, 6.07) is 11.8. The van der Waals surface area contributed by atoms with Crippen LogP contribution < -0.4 is 0 Å². The number of hydrogen-bond acceptors (Lipinski definition) is 24. The molecule has 4 rings (SSSR count). The smallest absolute Gasteiger partial charge is 0.338 e. The molecule has 0 spiro atoms.